The van der Waals surface area contributed by atoms with Gasteiger partial charge in [0.2, 0.25) is 0 Å². The minimum absolute atomic E-state index is 0.167. The van der Waals surface area contributed by atoms with Gasteiger partial charge in [-0.1, -0.05) is 84.9 Å². The number of anilines is 12. The molecule has 0 radical (unpaired) electrons. The molecule has 0 amide bonds. The molecule has 0 saturated carbocycles. The number of hydrogen-bond acceptors (Lipinski definition) is 4. The van der Waals surface area contributed by atoms with Gasteiger partial charge in [0.05, 0.1) is 0 Å². The van der Waals surface area contributed by atoms with Gasteiger partial charge in [0.25, 0.3) is 0 Å². The van der Waals surface area contributed by atoms with E-state index >= 15 is 0 Å². The first-order valence-electron chi connectivity index (χ1n) is 34.9. The van der Waals surface area contributed by atoms with Crippen molar-refractivity contribution >= 4 is 129 Å². The van der Waals surface area contributed by atoms with Crippen molar-refractivity contribution in [3.63, 3.8) is 0 Å². The molecule has 1 aromatic heterocycles. The van der Waals surface area contributed by atoms with E-state index in [0.717, 1.165) is 22.5 Å². The predicted molar refractivity (Wildman–Crippen MR) is 428 cm³/mol. The maximum absolute atomic E-state index is 2.81. The van der Waals surface area contributed by atoms with Crippen LogP contribution in [0, 0.1) is 0 Å². The molecule has 0 atom stereocenters. The fourth-order valence-corrected chi connectivity index (χ4v) is 19.7. The molecule has 0 N–H and O–H groups in total. The first-order chi connectivity index (χ1) is 50.1. The van der Waals surface area contributed by atoms with E-state index in [0.29, 0.717) is 0 Å². The van der Waals surface area contributed by atoms with Gasteiger partial charge in [-0.25, -0.2) is 0 Å². The molecule has 16 aromatic rings. The topological polar surface area (TPSA) is 13.0 Å². The second-order valence-electron chi connectivity index (χ2n) is 27.0. The largest absolute Gasteiger partial charge is 0.0617 e. The monoisotopic (exact) mass is 1350 g/mol. The zero-order valence-electron chi connectivity index (χ0n) is 55.0. The van der Waals surface area contributed by atoms with Gasteiger partial charge in [-0.05, 0) is 0 Å². The molecule has 0 saturated heterocycles. The van der Waals surface area contributed by atoms with Gasteiger partial charge in [-0.15, -0.1) is 0 Å². The van der Waals surface area contributed by atoms with Crippen LogP contribution in [-0.2, 0) is 0 Å². The molecule has 0 fully saturated rings. The molecule has 7 heteroatoms. The summed E-state index contributed by atoms with van der Waals surface area (Å²) in [5.74, 6) is 0. The number of rotatable bonds is 10. The van der Waals surface area contributed by atoms with Crippen molar-refractivity contribution in [3.05, 3.63) is 364 Å². The van der Waals surface area contributed by atoms with Gasteiger partial charge in [0.1, 0.15) is 0 Å². The Morgan fingerprint density at radius 2 is 0.455 bits per heavy atom. The van der Waals surface area contributed by atoms with Gasteiger partial charge in [-0.3, -0.25) is 0 Å². The Labute approximate surface area is 595 Å². The Kier molecular flexibility index (Phi) is 13.2. The molecular formula is C94H60B2N4Se. The number of nitrogens with zero attached hydrogens (tertiary/aromatic N) is 4. The zero-order chi connectivity index (χ0) is 66.2. The maximum Gasteiger partial charge on any atom is -0.0544 e. The second-order valence-corrected chi connectivity index (χ2v) is 29.2. The SMILES string of the molecule is c1ccc(-c2ccc(N3c4ccc(-c5ccccc5)cc4B4c5ccc6c7c5N(c5cc(-c8ccccc8)cc3c54)c3c(-c4ccccc4)[se]c(-c4ccccc4)c3N7c3cc(-c4ccccc4)cc4c3B6c3ccc(-c5ccccc5)cc3N4c3ccc(-c4ccccc4)cc3)cc2)cc1. The first kappa shape index (κ1) is 57.7. The molecule has 6 heterocycles. The molecule has 0 bridgehead atoms. The van der Waals surface area contributed by atoms with Crippen LogP contribution in [0.4, 0.5) is 68.2 Å². The minimum Gasteiger partial charge on any atom is -0.0617 e. The van der Waals surface area contributed by atoms with Crippen molar-refractivity contribution in [2.24, 2.45) is 0 Å². The van der Waals surface area contributed by atoms with Crippen LogP contribution in [0.3, 0.4) is 0 Å². The van der Waals surface area contributed by atoms with Crippen molar-refractivity contribution < 1.29 is 0 Å². The van der Waals surface area contributed by atoms with Crippen LogP contribution in [0.5, 0.6) is 0 Å². The molecule has 101 heavy (non-hydrogen) atoms. The van der Waals surface area contributed by atoms with Crippen LogP contribution in [0.15, 0.2) is 364 Å². The zero-order valence-corrected chi connectivity index (χ0v) is 56.7. The Balaban J connectivity index is 0.904. The molecule has 15 aromatic carbocycles. The van der Waals surface area contributed by atoms with Crippen LogP contribution < -0.4 is 52.4 Å². The smallest absolute Gasteiger partial charge is 0.0544 e. The third-order valence-electron chi connectivity index (χ3n) is 21.5. The summed E-state index contributed by atoms with van der Waals surface area (Å²) >= 11 is -0.186. The third-order valence-corrected chi connectivity index (χ3v) is 24.2. The summed E-state index contributed by atoms with van der Waals surface area (Å²) in [6.07, 6.45) is 0. The number of benzene rings is 15. The van der Waals surface area contributed by atoms with Crippen LogP contribution in [0.25, 0.3) is 86.8 Å². The van der Waals surface area contributed by atoms with E-state index in [9.17, 15) is 0 Å². The molecule has 0 spiro atoms. The molecule has 5 aliphatic heterocycles. The summed E-state index contributed by atoms with van der Waals surface area (Å²) < 4.78 is 2.72. The summed E-state index contributed by atoms with van der Waals surface area (Å²) in [7, 11) is 0. The summed E-state index contributed by atoms with van der Waals surface area (Å²) in [6.45, 7) is -0.345. The van der Waals surface area contributed by atoms with Crippen LogP contribution in [0.2, 0.25) is 0 Å². The molecule has 21 rings (SSSR count). The second kappa shape index (κ2) is 23.1. The van der Waals surface area contributed by atoms with Crippen molar-refractivity contribution in [2.75, 3.05) is 19.6 Å². The fourth-order valence-electron chi connectivity index (χ4n) is 17.1. The summed E-state index contributed by atoms with van der Waals surface area (Å²) in [6, 6.07) is 137. The molecule has 4 nitrogen and oxygen atoms in total. The van der Waals surface area contributed by atoms with E-state index in [1.54, 1.807) is 0 Å². The Bertz CT molecular complexity index is 5940. The van der Waals surface area contributed by atoms with Crippen LogP contribution in [0.1, 0.15) is 0 Å². The average Bonchev–Trinajstić information content (AvgIpc) is 1.63. The summed E-state index contributed by atoms with van der Waals surface area (Å²) in [5.41, 5.74) is 38.7. The van der Waals surface area contributed by atoms with E-state index in [1.165, 1.54) is 165 Å². The Morgan fingerprint density at radius 1 is 0.178 bits per heavy atom. The van der Waals surface area contributed by atoms with E-state index in [-0.39, 0.29) is 27.9 Å². The predicted octanol–water partition coefficient (Wildman–Crippen LogP) is 20.6. The summed E-state index contributed by atoms with van der Waals surface area (Å²) in [4.78, 5) is 10.8. The van der Waals surface area contributed by atoms with Crippen molar-refractivity contribution in [3.8, 4) is 86.8 Å². The minimum atomic E-state index is -0.186. The van der Waals surface area contributed by atoms with Crippen molar-refractivity contribution in [1.29, 1.82) is 0 Å². The number of hydrogen-bond donors (Lipinski definition) is 0. The van der Waals surface area contributed by atoms with Crippen molar-refractivity contribution in [2.45, 2.75) is 0 Å². The number of fused-ring (bicyclic) bond motifs is 11. The maximum atomic E-state index is 2.81. The van der Waals surface area contributed by atoms with Gasteiger partial charge >= 0.3 is 514 Å². The molecule has 468 valence electrons. The van der Waals surface area contributed by atoms with Gasteiger partial charge in [0, 0.05) is 0 Å². The average molecular weight is 1350 g/mol. The molecule has 0 unspecified atom stereocenters. The van der Waals surface area contributed by atoms with Gasteiger partial charge < -0.3 is 0 Å². The molecule has 0 aliphatic carbocycles. The van der Waals surface area contributed by atoms with E-state index in [2.05, 4.69) is 384 Å². The van der Waals surface area contributed by atoms with Gasteiger partial charge in [0.15, 0.2) is 0 Å². The van der Waals surface area contributed by atoms with Gasteiger partial charge in [-0.2, -0.15) is 0 Å². The quantitative estimate of drug-likeness (QED) is 0.127. The molecule has 5 aliphatic rings. The van der Waals surface area contributed by atoms with E-state index in [4.69, 9.17) is 0 Å². The van der Waals surface area contributed by atoms with E-state index < -0.39 is 0 Å². The normalized spacial score (nSPS) is 13.0. The van der Waals surface area contributed by atoms with Crippen molar-refractivity contribution in [1.82, 2.24) is 0 Å². The van der Waals surface area contributed by atoms with Crippen LogP contribution >= 0.6 is 0 Å². The Morgan fingerprint density at radius 3 is 0.851 bits per heavy atom. The summed E-state index contributed by atoms with van der Waals surface area (Å²) in [5, 5.41) is 0. The first-order valence-corrected chi connectivity index (χ1v) is 36.7. The fraction of sp³-hybridized carbons (Fsp3) is 0. The van der Waals surface area contributed by atoms with E-state index in [1.807, 2.05) is 0 Å². The standard InChI is InChI=1S/C94H60B2N4Se/c1-9-25-61(26-10-1)67-41-47-75(48-42-67)97-81-54-46-71(63-29-13-3-14-30-63)55-80(81)96-79-53-52-78-89-90(79)100(86-60-73(57-83(97)88(86)96)65-33-17-5-18-34-65)92-91(93(69-37-21-7-22-38-69)101-94(92)70-39-23-8-24-40-70)99(89)85-59-74(66-35-19-6-20-36-66)58-84-87(85)95(78)77-51-45-72(64-31-15-4-16-32-64)56-82(77)98(84)76-49-43-68(44-50-76)62-27-11-2-12-28-62/h1-60H. The third kappa shape index (κ3) is 9.04. The van der Waals surface area contributed by atoms with Crippen LogP contribution in [-0.4, -0.2) is 27.9 Å². The molecular weight excluding hydrogens is 1290 g/mol. The Hall–Kier alpha value is -12.4.